The van der Waals surface area contributed by atoms with Crippen LogP contribution >= 0.6 is 0 Å². The van der Waals surface area contributed by atoms with Gasteiger partial charge in [-0.15, -0.1) is 0 Å². The van der Waals surface area contributed by atoms with E-state index in [-0.39, 0.29) is 30.4 Å². The molecule has 0 bridgehead atoms. The Morgan fingerprint density at radius 3 is 2.72 bits per heavy atom. The van der Waals surface area contributed by atoms with Gasteiger partial charge in [-0.1, -0.05) is 13.8 Å². The Hall–Kier alpha value is -1.14. The maximum Gasteiger partial charge on any atom is 0.241 e. The summed E-state index contributed by atoms with van der Waals surface area (Å²) in [5, 5.41) is 5.07. The number of nitrogens with one attached hydrogen (secondary N) is 2. The quantitative estimate of drug-likeness (QED) is 0.602. The lowest BCUT2D eigenvalue weighted by molar-refractivity contribution is -0.175. The fraction of sp³-hybridized carbons (Fsp3) is 0.833. The molecule has 4 N–H and O–H groups in total. The first-order valence-electron chi connectivity index (χ1n) is 6.25. The summed E-state index contributed by atoms with van der Waals surface area (Å²) < 4.78 is 5.62. The number of fused-ring (bicyclic) bond motifs is 1. The summed E-state index contributed by atoms with van der Waals surface area (Å²) in [7, 11) is 1.53. The van der Waals surface area contributed by atoms with Crippen LogP contribution in [0.4, 0.5) is 0 Å². The Kier molecular flexibility index (Phi) is 3.11. The predicted octanol–water partition coefficient (Wildman–Crippen LogP) is -1.01. The van der Waals surface area contributed by atoms with Gasteiger partial charge >= 0.3 is 0 Å². The number of amides is 2. The molecule has 18 heavy (non-hydrogen) atoms. The molecular formula is C12H21N3O3. The molecule has 2 rings (SSSR count). The number of rotatable bonds is 3. The van der Waals surface area contributed by atoms with Gasteiger partial charge in [0.1, 0.15) is 5.54 Å². The molecular weight excluding hydrogens is 234 g/mol. The van der Waals surface area contributed by atoms with E-state index in [1.165, 1.54) is 7.05 Å². The Balaban J connectivity index is 2.06. The van der Waals surface area contributed by atoms with Gasteiger partial charge in [-0.05, 0) is 6.42 Å². The van der Waals surface area contributed by atoms with E-state index in [1.54, 1.807) is 0 Å². The van der Waals surface area contributed by atoms with E-state index in [2.05, 4.69) is 10.6 Å². The van der Waals surface area contributed by atoms with Crippen LogP contribution in [0.25, 0.3) is 0 Å². The fourth-order valence-electron chi connectivity index (χ4n) is 3.24. The summed E-state index contributed by atoms with van der Waals surface area (Å²) in [5.41, 5.74) is 4.97. The molecule has 0 aromatic carbocycles. The number of hydrogen-bond donors (Lipinski definition) is 3. The molecule has 102 valence electrons. The van der Waals surface area contributed by atoms with E-state index in [0.29, 0.717) is 6.61 Å². The first-order chi connectivity index (χ1) is 8.35. The van der Waals surface area contributed by atoms with E-state index < -0.39 is 11.0 Å². The number of carbonyl (C=O) groups excluding carboxylic acids is 2. The van der Waals surface area contributed by atoms with Crippen LogP contribution in [0, 0.1) is 11.3 Å². The molecule has 1 aliphatic carbocycles. The normalized spacial score (nSPS) is 36.4. The minimum Gasteiger partial charge on any atom is -0.377 e. The lowest BCUT2D eigenvalue weighted by Gasteiger charge is -2.60. The summed E-state index contributed by atoms with van der Waals surface area (Å²) in [6.45, 7) is 4.50. The summed E-state index contributed by atoms with van der Waals surface area (Å²) >= 11 is 0. The molecule has 0 radical (unpaired) electrons. The zero-order valence-electron chi connectivity index (χ0n) is 11.1. The standard InChI is InChI=1S/C12H21N3O3/c1-11(2)9-7(4-5-18-9)12(11,13)10(17)15-6-8(16)14-3/h7,9H,4-6,13H2,1-3H3,(H,14,16)(H,15,17). The average Bonchev–Trinajstić information content (AvgIpc) is 2.82. The van der Waals surface area contributed by atoms with Crippen molar-refractivity contribution < 1.29 is 14.3 Å². The summed E-state index contributed by atoms with van der Waals surface area (Å²) in [5.74, 6) is -0.441. The van der Waals surface area contributed by atoms with Crippen molar-refractivity contribution >= 4 is 11.8 Å². The van der Waals surface area contributed by atoms with E-state index in [0.717, 1.165) is 6.42 Å². The van der Waals surface area contributed by atoms with Crippen molar-refractivity contribution in [1.82, 2.24) is 10.6 Å². The SMILES string of the molecule is CNC(=O)CNC(=O)C1(N)C2CCOC2C1(C)C. The maximum atomic E-state index is 12.3. The van der Waals surface area contributed by atoms with Crippen molar-refractivity contribution in [3.8, 4) is 0 Å². The molecule has 2 amide bonds. The van der Waals surface area contributed by atoms with Crippen molar-refractivity contribution in [2.24, 2.45) is 17.1 Å². The molecule has 1 saturated heterocycles. The highest BCUT2D eigenvalue weighted by Gasteiger charge is 2.71. The number of likely N-dealkylation sites (N-methyl/N-ethyl adjacent to an activating group) is 1. The topological polar surface area (TPSA) is 93.5 Å². The Bertz CT molecular complexity index is 383. The van der Waals surface area contributed by atoms with Gasteiger partial charge in [0.25, 0.3) is 0 Å². The van der Waals surface area contributed by atoms with Crippen molar-refractivity contribution in [1.29, 1.82) is 0 Å². The minimum absolute atomic E-state index is 0.0391. The molecule has 1 heterocycles. The van der Waals surface area contributed by atoms with Crippen LogP contribution in [0.5, 0.6) is 0 Å². The number of nitrogens with two attached hydrogens (primary N) is 1. The molecule has 0 spiro atoms. The van der Waals surface area contributed by atoms with E-state index in [9.17, 15) is 9.59 Å². The highest BCUT2D eigenvalue weighted by molar-refractivity contribution is 5.92. The van der Waals surface area contributed by atoms with Gasteiger partial charge < -0.3 is 21.1 Å². The monoisotopic (exact) mass is 255 g/mol. The molecule has 1 aliphatic heterocycles. The summed E-state index contributed by atoms with van der Waals surface area (Å²) in [6, 6.07) is 0. The highest BCUT2D eigenvalue weighted by atomic mass is 16.5. The van der Waals surface area contributed by atoms with Gasteiger partial charge in [-0.3, -0.25) is 9.59 Å². The van der Waals surface area contributed by atoms with Gasteiger partial charge in [0, 0.05) is 25.0 Å². The molecule has 3 unspecified atom stereocenters. The Labute approximate surface area is 107 Å². The van der Waals surface area contributed by atoms with Crippen LogP contribution < -0.4 is 16.4 Å². The lowest BCUT2D eigenvalue weighted by atomic mass is 9.48. The predicted molar refractivity (Wildman–Crippen MR) is 65.6 cm³/mol. The van der Waals surface area contributed by atoms with Crippen LogP contribution in [0.3, 0.4) is 0 Å². The van der Waals surface area contributed by atoms with E-state index in [1.807, 2.05) is 13.8 Å². The van der Waals surface area contributed by atoms with Crippen LogP contribution in [-0.4, -0.2) is 43.7 Å². The van der Waals surface area contributed by atoms with Crippen molar-refractivity contribution in [3.63, 3.8) is 0 Å². The molecule has 3 atom stereocenters. The Morgan fingerprint density at radius 1 is 1.44 bits per heavy atom. The zero-order valence-corrected chi connectivity index (χ0v) is 11.1. The smallest absolute Gasteiger partial charge is 0.241 e. The molecule has 2 fully saturated rings. The highest BCUT2D eigenvalue weighted by Crippen LogP contribution is 2.58. The van der Waals surface area contributed by atoms with Gasteiger partial charge in [-0.2, -0.15) is 0 Å². The average molecular weight is 255 g/mol. The van der Waals surface area contributed by atoms with Gasteiger partial charge in [0.2, 0.25) is 11.8 Å². The van der Waals surface area contributed by atoms with Crippen LogP contribution in [-0.2, 0) is 14.3 Å². The fourth-order valence-corrected chi connectivity index (χ4v) is 3.24. The molecule has 0 aromatic rings. The molecule has 0 aromatic heterocycles. The largest absolute Gasteiger partial charge is 0.377 e. The van der Waals surface area contributed by atoms with Crippen LogP contribution in [0.1, 0.15) is 20.3 Å². The van der Waals surface area contributed by atoms with Crippen LogP contribution in [0.2, 0.25) is 0 Å². The van der Waals surface area contributed by atoms with Gasteiger partial charge in [0.05, 0.1) is 12.6 Å². The zero-order chi connectivity index (χ0) is 13.6. The van der Waals surface area contributed by atoms with Crippen LogP contribution in [0.15, 0.2) is 0 Å². The lowest BCUT2D eigenvalue weighted by Crippen LogP contribution is -2.80. The first-order valence-corrected chi connectivity index (χ1v) is 6.25. The van der Waals surface area contributed by atoms with E-state index >= 15 is 0 Å². The molecule has 6 heteroatoms. The van der Waals surface area contributed by atoms with Gasteiger partial charge in [-0.25, -0.2) is 0 Å². The second-order valence-corrected chi connectivity index (χ2v) is 5.63. The molecule has 2 aliphatic rings. The number of carbonyl (C=O) groups is 2. The second kappa shape index (κ2) is 4.20. The van der Waals surface area contributed by atoms with E-state index in [4.69, 9.17) is 10.5 Å². The minimum atomic E-state index is -0.942. The third-order valence-electron chi connectivity index (χ3n) is 4.52. The van der Waals surface area contributed by atoms with Gasteiger partial charge in [0.15, 0.2) is 0 Å². The third kappa shape index (κ3) is 1.55. The summed E-state index contributed by atoms with van der Waals surface area (Å²) in [6.07, 6.45) is 0.853. The second-order valence-electron chi connectivity index (χ2n) is 5.63. The van der Waals surface area contributed by atoms with Crippen molar-refractivity contribution in [2.45, 2.75) is 31.9 Å². The Morgan fingerprint density at radius 2 is 2.11 bits per heavy atom. The summed E-state index contributed by atoms with van der Waals surface area (Å²) in [4.78, 5) is 23.4. The first kappa shape index (κ1) is 13.3. The molecule has 1 saturated carbocycles. The van der Waals surface area contributed by atoms with Crippen molar-refractivity contribution in [2.75, 3.05) is 20.2 Å². The third-order valence-corrected chi connectivity index (χ3v) is 4.52. The van der Waals surface area contributed by atoms with Crippen molar-refractivity contribution in [3.05, 3.63) is 0 Å². The molecule has 6 nitrogen and oxygen atoms in total. The number of hydrogen-bond acceptors (Lipinski definition) is 4. The number of ether oxygens (including phenoxy) is 1. The maximum absolute atomic E-state index is 12.3.